The van der Waals surface area contributed by atoms with E-state index in [-0.39, 0.29) is 91.3 Å². The lowest BCUT2D eigenvalue weighted by Gasteiger charge is -2.30. The van der Waals surface area contributed by atoms with E-state index in [1.807, 2.05) is 39.5 Å². The van der Waals surface area contributed by atoms with E-state index < -0.39 is 89.2 Å². The van der Waals surface area contributed by atoms with Crippen molar-refractivity contribution in [2.45, 2.75) is 157 Å². The second kappa shape index (κ2) is 33.4. The van der Waals surface area contributed by atoms with Crippen molar-refractivity contribution in [3.8, 4) is 0 Å². The number of benzene rings is 2. The fourth-order valence-electron chi connectivity index (χ4n) is 9.09. The molecule has 8 atom stereocenters. The van der Waals surface area contributed by atoms with E-state index in [0.29, 0.717) is 41.5 Å². The molecule has 2 aliphatic heterocycles. The molecule has 0 radical (unpaired) electrons. The first-order valence-corrected chi connectivity index (χ1v) is 31.1. The van der Waals surface area contributed by atoms with Gasteiger partial charge in [0.1, 0.15) is 37.4 Å². The number of hydrogen-bond acceptors (Lipinski definition) is 17. The second-order valence-corrected chi connectivity index (χ2v) is 27.6. The van der Waals surface area contributed by atoms with Crippen LogP contribution >= 0.6 is 33.3 Å². The number of carbonyl (C=O) groups excluding carboxylic acids is 10. The van der Waals surface area contributed by atoms with E-state index in [2.05, 4.69) is 49.5 Å². The summed E-state index contributed by atoms with van der Waals surface area (Å²) in [4.78, 5) is 142. The Morgan fingerprint density at radius 1 is 0.786 bits per heavy atom. The number of thioether (sulfide) groups is 1. The number of carbonyl (C=O) groups is 11. The number of unbranched alkanes of at least 4 members (excludes halogenated alkanes) is 1. The van der Waals surface area contributed by atoms with Crippen LogP contribution in [0, 0.1) is 11.8 Å². The van der Waals surface area contributed by atoms with Gasteiger partial charge in [-0.1, -0.05) is 96.5 Å². The summed E-state index contributed by atoms with van der Waals surface area (Å²) in [6, 6.07) is 9.50. The van der Waals surface area contributed by atoms with Crippen molar-refractivity contribution in [1.82, 2.24) is 42.5 Å². The number of aliphatic hydroxyl groups is 2. The molecule has 2 aliphatic rings. The van der Waals surface area contributed by atoms with Gasteiger partial charge in [0.15, 0.2) is 11.6 Å². The van der Waals surface area contributed by atoms with Crippen molar-refractivity contribution in [3.63, 3.8) is 0 Å². The van der Waals surface area contributed by atoms with E-state index in [1.165, 1.54) is 24.3 Å². The lowest BCUT2D eigenvalue weighted by atomic mass is 9.89. The molecule has 2 saturated heterocycles. The number of carboxylic acid groups (broad SMARTS) is 1. The fourth-order valence-corrected chi connectivity index (χ4v) is 13.2. The third-order valence-electron chi connectivity index (χ3n) is 13.8. The van der Waals surface area contributed by atoms with Gasteiger partial charge in [-0.2, -0.15) is 11.8 Å². The number of hydrogen-bond donors (Lipinski definition) is 12. The van der Waals surface area contributed by atoms with Crippen LogP contribution in [0.5, 0.6) is 0 Å². The Morgan fingerprint density at radius 3 is 1.98 bits per heavy atom. The number of rotatable bonds is 38. The summed E-state index contributed by atoms with van der Waals surface area (Å²) in [7, 11) is 3.18. The molecule has 0 bridgehead atoms. The van der Waals surface area contributed by atoms with Crippen molar-refractivity contribution >= 4 is 98.3 Å². The molecule has 27 heteroatoms. The average molecular weight is 1230 g/mol. The molecule has 0 spiro atoms. The third-order valence-corrected chi connectivity index (χ3v) is 19.7. The molecule has 84 heavy (non-hydrogen) atoms. The third kappa shape index (κ3) is 23.7. The Balaban J connectivity index is 1.24. The largest absolute Gasteiger partial charge is 0.481 e. The summed E-state index contributed by atoms with van der Waals surface area (Å²) in [5.74, 6) is -9.07. The molecule has 2 aromatic rings. The van der Waals surface area contributed by atoms with Gasteiger partial charge in [-0.05, 0) is 71.8 Å². The molecule has 13 N–H and O–H groups in total. The summed E-state index contributed by atoms with van der Waals surface area (Å²) in [5, 5.41) is 51.7. The highest BCUT2D eigenvalue weighted by molar-refractivity contribution is 8.77. The summed E-state index contributed by atoms with van der Waals surface area (Å²) in [6.07, 6.45) is -1.05. The highest BCUT2D eigenvalue weighted by atomic mass is 33.1. The number of nitrogens with one attached hydrogen (secondary N) is 8. The summed E-state index contributed by atoms with van der Waals surface area (Å²) >= 11 is 1.86. The second-order valence-electron chi connectivity index (χ2n) is 22.9. The smallest absolute Gasteiger partial charge is 0.315 e. The predicted molar refractivity (Wildman–Crippen MR) is 319 cm³/mol. The van der Waals surface area contributed by atoms with Gasteiger partial charge in [-0.3, -0.25) is 47.9 Å². The van der Waals surface area contributed by atoms with Crippen LogP contribution in [0.2, 0.25) is 0 Å². The van der Waals surface area contributed by atoms with E-state index in [4.69, 9.17) is 10.5 Å². The molecule has 2 fully saturated rings. The molecule has 24 nitrogen and oxygen atoms in total. The minimum Gasteiger partial charge on any atom is -0.481 e. The van der Waals surface area contributed by atoms with Gasteiger partial charge in [-0.15, -0.1) is 0 Å². The topological polar surface area (TPSA) is 380 Å². The molecule has 1 unspecified atom stereocenters. The number of urea groups is 1. The van der Waals surface area contributed by atoms with Crippen LogP contribution < -0.4 is 48.3 Å². The molecule has 0 aromatic heterocycles. The number of fused-ring (bicyclic) bond motifs is 1. The molecule has 0 aliphatic carbocycles. The molecule has 0 saturated carbocycles. The summed E-state index contributed by atoms with van der Waals surface area (Å²) in [5.41, 5.74) is 6.54. The van der Waals surface area contributed by atoms with Crippen molar-refractivity contribution in [1.29, 1.82) is 0 Å². The van der Waals surface area contributed by atoms with Crippen LogP contribution in [-0.4, -0.2) is 176 Å². The fraction of sp³-hybridized carbons (Fsp3) is 0.596. The minimum atomic E-state index is -1.99. The molecule has 4 rings (SSSR count). The quantitative estimate of drug-likeness (QED) is 0.0197. The zero-order chi connectivity index (χ0) is 62.4. The molecule has 2 heterocycles. The van der Waals surface area contributed by atoms with Crippen molar-refractivity contribution in [2.75, 3.05) is 45.2 Å². The van der Waals surface area contributed by atoms with Crippen molar-refractivity contribution in [3.05, 3.63) is 71.3 Å². The van der Waals surface area contributed by atoms with Gasteiger partial charge in [0, 0.05) is 70.5 Å². The number of ether oxygens (including phenoxy) is 1. The van der Waals surface area contributed by atoms with Gasteiger partial charge in [0.25, 0.3) is 0 Å². The highest BCUT2D eigenvalue weighted by Gasteiger charge is 2.51. The number of ketones is 2. The molecular formula is C57H83N9O15S3. The highest BCUT2D eigenvalue weighted by Crippen LogP contribution is 2.43. The Kier molecular flexibility index (Phi) is 28.0. The standard InChI is InChI=1S/C57H83N9O15S3/c1-33(2)25-37(48(75)41(68)28-67)51(77)63-40(27-46(72)73)53(79)64-39(26-34-17-19-36(20-18-34)47(74)35-13-9-8-10-14-35)52(78)62-38(50(58)76)21-22-44(70)59-23-24-81-29-45(71)61-31-56(5,6)84-83-55(3,4)30-60-43(69)16-12-11-15-42-49-57(7,32-82-42)66-54(80)65-49/h8-10,13-14,17-20,33,37-40,42,48-49,67,75H,11-12,15-16,21-32H2,1-7H3,(H2,58,76)(H,59,70)(H,60,69)(H,61,71)(H,62,78)(H,63,77)(H,64,79)(H,72,73)(H2,65,66,80)/t37-,38+,39+,40+,42?,48+,49+,57-/m0/s1. The van der Waals surface area contributed by atoms with Crippen LogP contribution in [0.15, 0.2) is 54.6 Å². The van der Waals surface area contributed by atoms with E-state index in [0.717, 1.165) is 25.0 Å². The molecule has 464 valence electrons. The molecule has 9 amide bonds. The number of aliphatic carboxylic acids is 1. The van der Waals surface area contributed by atoms with Crippen LogP contribution in [-0.2, 0) is 54.3 Å². The lowest BCUT2D eigenvalue weighted by molar-refractivity contribution is -0.144. The minimum absolute atomic E-state index is 0.0165. The van der Waals surface area contributed by atoms with Crippen LogP contribution in [0.1, 0.15) is 121 Å². The number of primary amides is 1. The molecular weight excluding hydrogens is 1150 g/mol. The molecule has 2 aromatic carbocycles. The lowest BCUT2D eigenvalue weighted by Crippen LogP contribution is -2.58. The first-order valence-electron chi connectivity index (χ1n) is 27.9. The first-order chi connectivity index (χ1) is 39.5. The van der Waals surface area contributed by atoms with Gasteiger partial charge in [-0.25, -0.2) is 4.79 Å². The maximum atomic E-state index is 14.0. The Labute approximate surface area is 502 Å². The summed E-state index contributed by atoms with van der Waals surface area (Å²) < 4.78 is 4.76. The van der Waals surface area contributed by atoms with Crippen LogP contribution in [0.25, 0.3) is 0 Å². The number of amides is 9. The average Bonchev–Trinajstić information content (AvgIpc) is 2.10. The van der Waals surface area contributed by atoms with Gasteiger partial charge in [0.05, 0.1) is 30.5 Å². The van der Waals surface area contributed by atoms with Crippen LogP contribution in [0.4, 0.5) is 4.79 Å². The number of aliphatic hydroxyl groups excluding tert-OH is 2. The zero-order valence-corrected chi connectivity index (χ0v) is 51.1. The Bertz CT molecular complexity index is 2630. The van der Waals surface area contributed by atoms with Gasteiger partial charge < -0.3 is 68.3 Å². The van der Waals surface area contributed by atoms with E-state index >= 15 is 0 Å². The van der Waals surface area contributed by atoms with Crippen molar-refractivity contribution < 1.29 is 72.8 Å². The number of nitrogens with two attached hydrogens (primary N) is 1. The van der Waals surface area contributed by atoms with Gasteiger partial charge in [0.2, 0.25) is 41.4 Å². The van der Waals surface area contributed by atoms with E-state index in [9.17, 15) is 68.1 Å². The summed E-state index contributed by atoms with van der Waals surface area (Å²) in [6.45, 7) is 12.8. The van der Waals surface area contributed by atoms with Crippen LogP contribution in [0.3, 0.4) is 0 Å². The predicted octanol–water partition coefficient (Wildman–Crippen LogP) is 1.66. The number of Topliss-reactive ketones (excluding diaryl/α,β-unsaturated/α-hetero) is 1. The Morgan fingerprint density at radius 2 is 1.37 bits per heavy atom. The van der Waals surface area contributed by atoms with E-state index in [1.54, 1.807) is 65.8 Å². The zero-order valence-electron chi connectivity index (χ0n) is 48.7. The maximum Gasteiger partial charge on any atom is 0.315 e. The maximum absolute atomic E-state index is 14.0. The number of carboxylic acids is 1. The van der Waals surface area contributed by atoms with Crippen molar-refractivity contribution in [2.24, 2.45) is 17.6 Å². The SMILES string of the molecule is CC(C)C[C@H](C(=O)N[C@H](CC(=O)O)C(=O)N[C@H](Cc1ccc(C(=O)c2ccccc2)cc1)C(=O)N[C@H](CCC(=O)NCCOCC(=O)NCC(C)(C)SSC(C)(C)CNC(=O)CCCCC1SC[C@]2(C)NC(=O)N[C@H]12)C(N)=O)[C@@H](O)C(=O)CO. The monoisotopic (exact) mass is 1230 g/mol. The normalized spacial score (nSPS) is 18.3. The Hall–Kier alpha value is -6.26. The van der Waals surface area contributed by atoms with Gasteiger partial charge >= 0.3 is 12.0 Å². The first kappa shape index (κ1) is 70.2.